The van der Waals surface area contributed by atoms with Crippen molar-refractivity contribution in [1.82, 2.24) is 14.8 Å². The molecule has 2 heterocycles. The van der Waals surface area contributed by atoms with Gasteiger partial charge in [-0.15, -0.1) is 11.3 Å². The summed E-state index contributed by atoms with van der Waals surface area (Å²) in [6.45, 7) is 1.21. The van der Waals surface area contributed by atoms with E-state index in [9.17, 15) is 0 Å². The lowest BCUT2D eigenvalue weighted by Crippen LogP contribution is -2.00. The molecule has 2 aromatic rings. The number of hydrogen-bond donors (Lipinski definition) is 1. The summed E-state index contributed by atoms with van der Waals surface area (Å²) in [6, 6.07) is 0. The van der Waals surface area contributed by atoms with Gasteiger partial charge in [0.05, 0.1) is 30.7 Å². The van der Waals surface area contributed by atoms with E-state index >= 15 is 0 Å². The monoisotopic (exact) mass is 224 g/mol. The van der Waals surface area contributed by atoms with Gasteiger partial charge in [0.15, 0.2) is 0 Å². The summed E-state index contributed by atoms with van der Waals surface area (Å²) >= 11 is 1.59. The van der Waals surface area contributed by atoms with Crippen LogP contribution >= 0.6 is 11.3 Å². The summed E-state index contributed by atoms with van der Waals surface area (Å²) in [7, 11) is 1.66. The molecule has 2 aromatic heterocycles. The molecule has 0 saturated heterocycles. The molecule has 2 rings (SSSR count). The van der Waals surface area contributed by atoms with Crippen LogP contribution < -0.4 is 5.73 Å². The Labute approximate surface area is 91.5 Å². The van der Waals surface area contributed by atoms with E-state index in [0.717, 1.165) is 10.7 Å². The van der Waals surface area contributed by atoms with Gasteiger partial charge in [-0.2, -0.15) is 5.10 Å². The number of methoxy groups -OCH3 is 1. The summed E-state index contributed by atoms with van der Waals surface area (Å²) in [6.07, 6.45) is 3.41. The van der Waals surface area contributed by atoms with E-state index in [1.54, 1.807) is 35.5 Å². The third-order valence-electron chi connectivity index (χ3n) is 1.84. The molecule has 2 N–H and O–H groups in total. The molecule has 0 aliphatic rings. The lowest BCUT2D eigenvalue weighted by atomic mass is 10.5. The molecule has 0 aromatic carbocycles. The quantitative estimate of drug-likeness (QED) is 0.845. The number of nitrogen functional groups attached to an aromatic ring is 1. The number of aromatic nitrogens is 3. The van der Waals surface area contributed by atoms with Gasteiger partial charge in [-0.1, -0.05) is 0 Å². The van der Waals surface area contributed by atoms with Gasteiger partial charge in [0.2, 0.25) is 0 Å². The molecule has 80 valence electrons. The topological polar surface area (TPSA) is 66.0 Å². The van der Waals surface area contributed by atoms with Crippen molar-refractivity contribution in [3.8, 4) is 0 Å². The molecule has 15 heavy (non-hydrogen) atoms. The predicted molar refractivity (Wildman–Crippen MR) is 58.6 cm³/mol. The highest BCUT2D eigenvalue weighted by Crippen LogP contribution is 2.12. The van der Waals surface area contributed by atoms with Gasteiger partial charge < -0.3 is 10.5 Å². The van der Waals surface area contributed by atoms with Crippen molar-refractivity contribution >= 4 is 17.0 Å². The molecule has 0 amide bonds. The molecule has 0 aliphatic heterocycles. The van der Waals surface area contributed by atoms with Crippen LogP contribution in [0.3, 0.4) is 0 Å². The first kappa shape index (κ1) is 10.1. The number of anilines is 1. The van der Waals surface area contributed by atoms with Crippen LogP contribution in [0.25, 0.3) is 0 Å². The second-order valence-corrected chi connectivity index (χ2v) is 4.08. The van der Waals surface area contributed by atoms with Crippen molar-refractivity contribution in [1.29, 1.82) is 0 Å². The highest BCUT2D eigenvalue weighted by atomic mass is 32.1. The van der Waals surface area contributed by atoms with E-state index in [0.29, 0.717) is 18.8 Å². The van der Waals surface area contributed by atoms with E-state index in [1.165, 1.54) is 0 Å². The molecule has 6 heteroatoms. The smallest absolute Gasteiger partial charge is 0.119 e. The maximum atomic E-state index is 5.56. The molecule has 0 saturated carbocycles. The second-order valence-electron chi connectivity index (χ2n) is 3.14. The first-order valence-corrected chi connectivity index (χ1v) is 5.36. The zero-order valence-corrected chi connectivity index (χ0v) is 9.20. The molecule has 0 radical (unpaired) electrons. The standard InChI is InChI=1S/C9H12N4OS/c1-14-5-9-12-8(6-15-9)4-13-3-7(10)2-11-13/h2-3,6H,4-5,10H2,1H3. The number of rotatable bonds is 4. The lowest BCUT2D eigenvalue weighted by molar-refractivity contribution is 0.184. The maximum Gasteiger partial charge on any atom is 0.119 e. The maximum absolute atomic E-state index is 5.56. The summed E-state index contributed by atoms with van der Waals surface area (Å²) in [5, 5.41) is 7.08. The largest absolute Gasteiger partial charge is 0.396 e. The van der Waals surface area contributed by atoms with Crippen molar-refractivity contribution in [3.05, 3.63) is 28.5 Å². The van der Waals surface area contributed by atoms with E-state index in [4.69, 9.17) is 10.5 Å². The first-order valence-electron chi connectivity index (χ1n) is 4.48. The summed E-state index contributed by atoms with van der Waals surface area (Å²) in [4.78, 5) is 4.40. The van der Waals surface area contributed by atoms with Crippen LogP contribution in [0.4, 0.5) is 5.69 Å². The fourth-order valence-corrected chi connectivity index (χ4v) is 2.00. The second kappa shape index (κ2) is 4.41. The Morgan fingerprint density at radius 3 is 3.13 bits per heavy atom. The number of nitrogens with two attached hydrogens (primary N) is 1. The van der Waals surface area contributed by atoms with Crippen LogP contribution in [-0.4, -0.2) is 21.9 Å². The van der Waals surface area contributed by atoms with Crippen LogP contribution in [0.1, 0.15) is 10.7 Å². The average molecular weight is 224 g/mol. The van der Waals surface area contributed by atoms with E-state index in [2.05, 4.69) is 10.1 Å². The summed E-state index contributed by atoms with van der Waals surface area (Å²) in [5.41, 5.74) is 7.21. The van der Waals surface area contributed by atoms with Gasteiger partial charge in [-0.05, 0) is 0 Å². The minimum absolute atomic E-state index is 0.561. The van der Waals surface area contributed by atoms with Gasteiger partial charge in [-0.25, -0.2) is 4.98 Å². The molecule has 0 aliphatic carbocycles. The van der Waals surface area contributed by atoms with Crippen LogP contribution in [0.15, 0.2) is 17.8 Å². The molecule has 5 nitrogen and oxygen atoms in total. The Morgan fingerprint density at radius 1 is 1.60 bits per heavy atom. The van der Waals surface area contributed by atoms with Crippen LogP contribution in [0.2, 0.25) is 0 Å². The Balaban J connectivity index is 2.04. The first-order chi connectivity index (χ1) is 7.28. The van der Waals surface area contributed by atoms with Gasteiger partial charge in [0.1, 0.15) is 5.01 Å². The normalized spacial score (nSPS) is 10.7. The molecular weight excluding hydrogens is 212 g/mol. The van der Waals surface area contributed by atoms with Gasteiger partial charge in [0, 0.05) is 18.7 Å². The predicted octanol–water partition coefficient (Wildman–Crippen LogP) is 1.12. The number of thiazole rings is 1. The van der Waals surface area contributed by atoms with Crippen molar-refractivity contribution in [2.75, 3.05) is 12.8 Å². The van der Waals surface area contributed by atoms with Crippen LogP contribution in [0.5, 0.6) is 0 Å². The third-order valence-corrected chi connectivity index (χ3v) is 2.72. The van der Waals surface area contributed by atoms with E-state index in [-0.39, 0.29) is 0 Å². The zero-order valence-electron chi connectivity index (χ0n) is 8.38. The fraction of sp³-hybridized carbons (Fsp3) is 0.333. The zero-order chi connectivity index (χ0) is 10.7. The van der Waals surface area contributed by atoms with Crippen molar-refractivity contribution in [2.45, 2.75) is 13.2 Å². The van der Waals surface area contributed by atoms with Gasteiger partial charge in [0.25, 0.3) is 0 Å². The molecule has 0 atom stereocenters. The molecule has 0 fully saturated rings. The van der Waals surface area contributed by atoms with Crippen LogP contribution in [0, 0.1) is 0 Å². The minimum Gasteiger partial charge on any atom is -0.396 e. The molecular formula is C9H12N4OS. The van der Waals surface area contributed by atoms with Gasteiger partial charge in [-0.3, -0.25) is 4.68 Å². The Morgan fingerprint density at radius 2 is 2.47 bits per heavy atom. The number of nitrogens with zero attached hydrogens (tertiary/aromatic N) is 3. The minimum atomic E-state index is 0.561. The summed E-state index contributed by atoms with van der Waals surface area (Å²) in [5.74, 6) is 0. The number of ether oxygens (including phenoxy) is 1. The van der Waals surface area contributed by atoms with Crippen molar-refractivity contribution in [3.63, 3.8) is 0 Å². The van der Waals surface area contributed by atoms with Crippen molar-refractivity contribution < 1.29 is 4.74 Å². The van der Waals surface area contributed by atoms with Crippen LogP contribution in [-0.2, 0) is 17.9 Å². The molecule has 0 bridgehead atoms. The SMILES string of the molecule is COCc1nc(Cn2cc(N)cn2)cs1. The Hall–Kier alpha value is -1.40. The number of hydrogen-bond acceptors (Lipinski definition) is 5. The Bertz CT molecular complexity index is 437. The molecule has 0 unspecified atom stereocenters. The fourth-order valence-electron chi connectivity index (χ4n) is 1.24. The lowest BCUT2D eigenvalue weighted by Gasteiger charge is -1.96. The van der Waals surface area contributed by atoms with Crippen molar-refractivity contribution in [2.24, 2.45) is 0 Å². The van der Waals surface area contributed by atoms with E-state index < -0.39 is 0 Å². The Kier molecular flexibility index (Phi) is 2.98. The van der Waals surface area contributed by atoms with Gasteiger partial charge >= 0.3 is 0 Å². The highest BCUT2D eigenvalue weighted by molar-refractivity contribution is 7.09. The average Bonchev–Trinajstić information content (AvgIpc) is 2.78. The molecule has 0 spiro atoms. The third kappa shape index (κ3) is 2.54. The highest BCUT2D eigenvalue weighted by Gasteiger charge is 2.03. The summed E-state index contributed by atoms with van der Waals surface area (Å²) < 4.78 is 6.77. The van der Waals surface area contributed by atoms with E-state index in [1.807, 2.05) is 5.38 Å².